The summed E-state index contributed by atoms with van der Waals surface area (Å²) in [5.74, 6) is 0.570. The third-order valence-electron chi connectivity index (χ3n) is 5.06. The molecule has 1 heterocycles. The minimum Gasteiger partial charge on any atom is -0.328 e. The van der Waals surface area contributed by atoms with Crippen molar-refractivity contribution in [3.63, 3.8) is 0 Å². The summed E-state index contributed by atoms with van der Waals surface area (Å²) in [5.41, 5.74) is 7.68. The molecule has 8 nitrogen and oxygen atoms in total. The molecule has 0 aliphatic carbocycles. The highest BCUT2D eigenvalue weighted by molar-refractivity contribution is 7.89. The highest BCUT2D eigenvalue weighted by atomic mass is 35.5. The quantitative estimate of drug-likeness (QED) is 0.433. The summed E-state index contributed by atoms with van der Waals surface area (Å²) >= 11 is 5.95. The number of aryl methyl sites for hydroxylation is 2. The van der Waals surface area contributed by atoms with Gasteiger partial charge in [-0.05, 0) is 42.8 Å². The molecule has 0 bridgehead atoms. The summed E-state index contributed by atoms with van der Waals surface area (Å²) < 4.78 is 28.2. The Hall–Kier alpha value is -2.62. The molecule has 0 saturated carbocycles. The van der Waals surface area contributed by atoms with E-state index in [4.69, 9.17) is 11.6 Å². The Bertz CT molecular complexity index is 1210. The fraction of sp³-hybridized carbons (Fsp3) is 0.364. The second-order valence-electron chi connectivity index (χ2n) is 7.65. The summed E-state index contributed by atoms with van der Waals surface area (Å²) in [6.45, 7) is 2.86. The van der Waals surface area contributed by atoms with E-state index in [2.05, 4.69) is 27.3 Å². The van der Waals surface area contributed by atoms with Crippen LogP contribution in [0.3, 0.4) is 0 Å². The number of benzene rings is 2. The van der Waals surface area contributed by atoms with E-state index < -0.39 is 10.0 Å². The van der Waals surface area contributed by atoms with Gasteiger partial charge in [0.05, 0.1) is 21.6 Å². The van der Waals surface area contributed by atoms with Crippen molar-refractivity contribution in [2.45, 2.75) is 44.0 Å². The highest BCUT2D eigenvalue weighted by Gasteiger charge is 2.20. The lowest BCUT2D eigenvalue weighted by Crippen LogP contribution is -2.29. The lowest BCUT2D eigenvalue weighted by Gasteiger charge is -2.12. The van der Waals surface area contributed by atoms with Crippen molar-refractivity contribution in [3.05, 3.63) is 53.3 Å². The van der Waals surface area contributed by atoms with Gasteiger partial charge in [-0.1, -0.05) is 31.0 Å². The van der Waals surface area contributed by atoms with E-state index in [0.29, 0.717) is 22.6 Å². The number of imidazole rings is 1. The van der Waals surface area contributed by atoms with Gasteiger partial charge in [0.15, 0.2) is 0 Å². The largest absolute Gasteiger partial charge is 0.328 e. The van der Waals surface area contributed by atoms with E-state index >= 15 is 0 Å². The predicted octanol–water partition coefficient (Wildman–Crippen LogP) is 3.82. The number of hydrazine groups is 1. The number of rotatable bonds is 10. The maximum Gasteiger partial charge on any atom is 0.242 e. The second kappa shape index (κ2) is 10.3. The van der Waals surface area contributed by atoms with Crippen LogP contribution in [0.1, 0.15) is 32.0 Å². The van der Waals surface area contributed by atoms with Gasteiger partial charge in [-0.15, -0.1) is 0 Å². The minimum atomic E-state index is -3.55. The van der Waals surface area contributed by atoms with Crippen molar-refractivity contribution in [2.75, 3.05) is 19.5 Å². The normalized spacial score (nSPS) is 11.8. The molecule has 0 fully saturated rings. The van der Waals surface area contributed by atoms with E-state index in [0.717, 1.165) is 30.7 Å². The lowest BCUT2D eigenvalue weighted by molar-refractivity contribution is -0.120. The molecule has 32 heavy (non-hydrogen) atoms. The van der Waals surface area contributed by atoms with Crippen LogP contribution >= 0.6 is 11.6 Å². The Labute approximate surface area is 193 Å². The number of aromatic nitrogens is 2. The molecule has 0 spiro atoms. The second-order valence-corrected chi connectivity index (χ2v) is 10.2. The SMILES string of the molecule is CCCCn1c(CCC(=O)NNc2cccc(Cl)c2)nc2cc(S(=O)(=O)N(C)C)ccc21. The molecule has 3 rings (SSSR count). The average molecular weight is 478 g/mol. The van der Waals surface area contributed by atoms with Gasteiger partial charge < -0.3 is 4.57 Å². The van der Waals surface area contributed by atoms with Crippen molar-refractivity contribution in [3.8, 4) is 0 Å². The van der Waals surface area contributed by atoms with Crippen LogP contribution in [0, 0.1) is 0 Å². The Morgan fingerprint density at radius 2 is 1.97 bits per heavy atom. The molecular formula is C22H28ClN5O3S. The summed E-state index contributed by atoms with van der Waals surface area (Å²) in [6.07, 6.45) is 2.62. The monoisotopic (exact) mass is 477 g/mol. The Morgan fingerprint density at radius 3 is 2.66 bits per heavy atom. The summed E-state index contributed by atoms with van der Waals surface area (Å²) in [7, 11) is -0.547. The number of carbonyl (C=O) groups excluding carboxylic acids is 1. The van der Waals surface area contributed by atoms with Crippen molar-refractivity contribution < 1.29 is 13.2 Å². The Morgan fingerprint density at radius 1 is 1.19 bits per heavy atom. The van der Waals surface area contributed by atoms with Crippen molar-refractivity contribution in [2.24, 2.45) is 0 Å². The zero-order valence-electron chi connectivity index (χ0n) is 18.4. The van der Waals surface area contributed by atoms with Gasteiger partial charge >= 0.3 is 0 Å². The fourth-order valence-electron chi connectivity index (χ4n) is 3.28. The van der Waals surface area contributed by atoms with E-state index in [1.165, 1.54) is 18.4 Å². The van der Waals surface area contributed by atoms with Crippen molar-refractivity contribution in [1.29, 1.82) is 0 Å². The first kappa shape index (κ1) is 24.0. The van der Waals surface area contributed by atoms with Gasteiger partial charge in [0.2, 0.25) is 15.9 Å². The number of nitrogens with one attached hydrogen (secondary N) is 2. The molecule has 0 atom stereocenters. The first-order chi connectivity index (χ1) is 15.2. The lowest BCUT2D eigenvalue weighted by atomic mass is 10.2. The third kappa shape index (κ3) is 5.59. The molecule has 10 heteroatoms. The van der Waals surface area contributed by atoms with Gasteiger partial charge in [-0.25, -0.2) is 17.7 Å². The van der Waals surface area contributed by atoms with Crippen LogP contribution in [-0.2, 0) is 27.8 Å². The van der Waals surface area contributed by atoms with E-state index in [-0.39, 0.29) is 17.2 Å². The van der Waals surface area contributed by atoms with Gasteiger partial charge in [0, 0.05) is 38.5 Å². The first-order valence-electron chi connectivity index (χ1n) is 10.4. The highest BCUT2D eigenvalue weighted by Crippen LogP contribution is 2.23. The van der Waals surface area contributed by atoms with E-state index in [1.807, 2.05) is 0 Å². The number of hydrogen-bond donors (Lipinski definition) is 2. The van der Waals surface area contributed by atoms with E-state index in [9.17, 15) is 13.2 Å². The van der Waals surface area contributed by atoms with Gasteiger partial charge in [-0.3, -0.25) is 15.6 Å². The van der Waals surface area contributed by atoms with Gasteiger partial charge in [-0.2, -0.15) is 0 Å². The minimum absolute atomic E-state index is 0.185. The zero-order valence-corrected chi connectivity index (χ0v) is 20.0. The molecule has 2 aromatic carbocycles. The summed E-state index contributed by atoms with van der Waals surface area (Å²) in [5, 5.41) is 0.574. The van der Waals surface area contributed by atoms with Crippen LogP contribution in [0.25, 0.3) is 11.0 Å². The van der Waals surface area contributed by atoms with E-state index in [1.54, 1.807) is 42.5 Å². The molecule has 0 radical (unpaired) electrons. The maximum atomic E-state index is 12.5. The number of hydrogen-bond acceptors (Lipinski definition) is 5. The molecule has 172 valence electrons. The number of amides is 1. The number of unbranched alkanes of at least 4 members (excludes halogenated alkanes) is 1. The number of nitrogens with zero attached hydrogens (tertiary/aromatic N) is 3. The smallest absolute Gasteiger partial charge is 0.242 e. The molecule has 0 aliphatic heterocycles. The molecule has 1 aromatic heterocycles. The number of fused-ring (bicyclic) bond motifs is 1. The standard InChI is InChI=1S/C22H28ClN5O3S/c1-4-5-13-28-20-10-9-18(32(30,31)27(2)3)15-19(20)24-21(28)11-12-22(29)26-25-17-8-6-7-16(23)14-17/h6-10,14-15,25H,4-5,11-13H2,1-3H3,(H,26,29). The molecule has 1 amide bonds. The first-order valence-corrected chi connectivity index (χ1v) is 12.3. The number of carbonyl (C=O) groups is 1. The van der Waals surface area contributed by atoms with Gasteiger partial charge in [0.25, 0.3) is 0 Å². The molecule has 0 unspecified atom stereocenters. The predicted molar refractivity (Wildman–Crippen MR) is 127 cm³/mol. The van der Waals surface area contributed by atoms with Crippen LogP contribution in [0.2, 0.25) is 5.02 Å². The van der Waals surface area contributed by atoms with Crippen LogP contribution in [0.4, 0.5) is 5.69 Å². The molecule has 0 saturated heterocycles. The number of halogens is 1. The number of anilines is 1. The van der Waals surface area contributed by atoms with Crippen molar-refractivity contribution >= 4 is 44.3 Å². The van der Waals surface area contributed by atoms with Crippen LogP contribution in [0.15, 0.2) is 47.4 Å². The topological polar surface area (TPSA) is 96.3 Å². The Kier molecular flexibility index (Phi) is 7.76. The third-order valence-corrected chi connectivity index (χ3v) is 7.11. The maximum absolute atomic E-state index is 12.5. The molecular weight excluding hydrogens is 450 g/mol. The number of sulfonamides is 1. The fourth-order valence-corrected chi connectivity index (χ4v) is 4.40. The summed E-state index contributed by atoms with van der Waals surface area (Å²) in [6, 6.07) is 12.0. The summed E-state index contributed by atoms with van der Waals surface area (Å²) in [4.78, 5) is 17.2. The van der Waals surface area contributed by atoms with Crippen molar-refractivity contribution in [1.82, 2.24) is 19.3 Å². The van der Waals surface area contributed by atoms with Crippen LogP contribution < -0.4 is 10.9 Å². The van der Waals surface area contributed by atoms with Crippen LogP contribution in [-0.4, -0.2) is 42.3 Å². The van der Waals surface area contributed by atoms with Crippen LogP contribution in [0.5, 0.6) is 0 Å². The average Bonchev–Trinajstić information content (AvgIpc) is 3.11. The zero-order chi connectivity index (χ0) is 23.3. The Balaban J connectivity index is 1.77. The molecule has 3 aromatic rings. The van der Waals surface area contributed by atoms with Gasteiger partial charge in [0.1, 0.15) is 5.82 Å². The molecule has 0 aliphatic rings. The molecule has 2 N–H and O–H groups in total.